The zero-order valence-corrected chi connectivity index (χ0v) is 12.6. The summed E-state index contributed by atoms with van der Waals surface area (Å²) in [5, 5.41) is 3.56. The van der Waals surface area contributed by atoms with Crippen LogP contribution in [-0.4, -0.2) is 33.9 Å². The van der Waals surface area contributed by atoms with Gasteiger partial charge in [0.1, 0.15) is 5.75 Å². The molecule has 0 aromatic heterocycles. The Morgan fingerprint density at radius 3 is 2.65 bits per heavy atom. The molecule has 2 aliphatic carbocycles. The Balaban J connectivity index is 1.72. The van der Waals surface area contributed by atoms with Gasteiger partial charge in [-0.15, -0.1) is 0 Å². The number of rotatable bonds is 7. The molecule has 0 unspecified atom stereocenters. The summed E-state index contributed by atoms with van der Waals surface area (Å²) < 4.78 is 10.5. The molecular formula is C17H25NO2. The largest absolute Gasteiger partial charge is 0.497 e. The standard InChI is InChI=1S/C17H25NO2/c1-19-9-8-18-13-17(11-16(12-17)6-7-16)14-4-3-5-15(10-14)20-2/h3-5,10,18H,6-9,11-13H2,1-2H3. The van der Waals surface area contributed by atoms with Crippen molar-refractivity contribution in [2.75, 3.05) is 33.9 Å². The molecule has 0 bridgehead atoms. The Morgan fingerprint density at radius 2 is 2.00 bits per heavy atom. The van der Waals surface area contributed by atoms with Gasteiger partial charge in [0.25, 0.3) is 0 Å². The van der Waals surface area contributed by atoms with Crippen molar-refractivity contribution in [1.29, 1.82) is 0 Å². The van der Waals surface area contributed by atoms with Crippen molar-refractivity contribution in [3.8, 4) is 5.75 Å². The molecule has 1 spiro atoms. The van der Waals surface area contributed by atoms with Crippen LogP contribution in [0.2, 0.25) is 0 Å². The van der Waals surface area contributed by atoms with Crippen LogP contribution in [0.15, 0.2) is 24.3 Å². The van der Waals surface area contributed by atoms with E-state index in [-0.39, 0.29) is 0 Å². The summed E-state index contributed by atoms with van der Waals surface area (Å²) in [4.78, 5) is 0. The van der Waals surface area contributed by atoms with Gasteiger partial charge >= 0.3 is 0 Å². The third-order valence-electron chi connectivity index (χ3n) is 5.01. The Morgan fingerprint density at radius 1 is 1.20 bits per heavy atom. The Hall–Kier alpha value is -1.06. The molecule has 3 nitrogen and oxygen atoms in total. The van der Waals surface area contributed by atoms with E-state index in [1.165, 1.54) is 31.2 Å². The first kappa shape index (κ1) is 13.9. The van der Waals surface area contributed by atoms with Crippen LogP contribution in [0, 0.1) is 5.41 Å². The van der Waals surface area contributed by atoms with Gasteiger partial charge in [-0.25, -0.2) is 0 Å². The second-order valence-electron chi connectivity index (χ2n) is 6.54. The highest BCUT2D eigenvalue weighted by atomic mass is 16.5. The minimum Gasteiger partial charge on any atom is -0.497 e. The molecule has 110 valence electrons. The van der Waals surface area contributed by atoms with Gasteiger partial charge in [0, 0.05) is 25.6 Å². The Bertz CT molecular complexity index is 460. The molecule has 3 heteroatoms. The molecule has 2 fully saturated rings. The first-order chi connectivity index (χ1) is 9.72. The average Bonchev–Trinajstić information content (AvgIpc) is 3.23. The maximum atomic E-state index is 5.39. The summed E-state index contributed by atoms with van der Waals surface area (Å²) in [6, 6.07) is 8.62. The first-order valence-corrected chi connectivity index (χ1v) is 7.56. The van der Waals surface area contributed by atoms with E-state index < -0.39 is 0 Å². The third-order valence-corrected chi connectivity index (χ3v) is 5.01. The molecule has 0 amide bonds. The summed E-state index contributed by atoms with van der Waals surface area (Å²) in [5.74, 6) is 0.968. The molecular weight excluding hydrogens is 250 g/mol. The van der Waals surface area contributed by atoms with Crippen molar-refractivity contribution >= 4 is 0 Å². The molecule has 3 rings (SSSR count). The van der Waals surface area contributed by atoms with Crippen LogP contribution in [0.1, 0.15) is 31.2 Å². The molecule has 0 saturated heterocycles. The molecule has 0 atom stereocenters. The highest BCUT2D eigenvalue weighted by Gasteiger charge is 2.60. The van der Waals surface area contributed by atoms with E-state index in [2.05, 4.69) is 23.5 Å². The number of nitrogens with one attached hydrogen (secondary N) is 1. The molecule has 0 aliphatic heterocycles. The minimum atomic E-state index is 0.304. The number of benzene rings is 1. The number of methoxy groups -OCH3 is 2. The fourth-order valence-electron chi connectivity index (χ4n) is 3.80. The van der Waals surface area contributed by atoms with Gasteiger partial charge in [0.2, 0.25) is 0 Å². The van der Waals surface area contributed by atoms with Crippen LogP contribution in [0.3, 0.4) is 0 Å². The maximum Gasteiger partial charge on any atom is 0.119 e. The average molecular weight is 275 g/mol. The van der Waals surface area contributed by atoms with Crippen molar-refractivity contribution in [3.63, 3.8) is 0 Å². The van der Waals surface area contributed by atoms with E-state index in [1.54, 1.807) is 14.2 Å². The lowest BCUT2D eigenvalue weighted by Crippen LogP contribution is -2.50. The summed E-state index contributed by atoms with van der Waals surface area (Å²) in [6.45, 7) is 2.75. The fourth-order valence-corrected chi connectivity index (χ4v) is 3.80. The lowest BCUT2D eigenvalue weighted by Gasteiger charge is -2.49. The Labute approximate surface area is 121 Å². The molecule has 1 N–H and O–H groups in total. The van der Waals surface area contributed by atoms with Crippen LogP contribution in [0.5, 0.6) is 5.75 Å². The molecule has 0 heterocycles. The van der Waals surface area contributed by atoms with E-state index >= 15 is 0 Å². The van der Waals surface area contributed by atoms with Crippen molar-refractivity contribution in [1.82, 2.24) is 5.32 Å². The maximum absolute atomic E-state index is 5.39. The lowest BCUT2D eigenvalue weighted by atomic mass is 9.56. The summed E-state index contributed by atoms with van der Waals surface area (Å²) in [6.07, 6.45) is 5.51. The van der Waals surface area contributed by atoms with Gasteiger partial charge in [-0.1, -0.05) is 12.1 Å². The second-order valence-corrected chi connectivity index (χ2v) is 6.54. The van der Waals surface area contributed by atoms with Gasteiger partial charge in [-0.3, -0.25) is 0 Å². The summed E-state index contributed by atoms with van der Waals surface area (Å²) in [7, 11) is 3.49. The van der Waals surface area contributed by atoms with Crippen LogP contribution in [0.25, 0.3) is 0 Å². The van der Waals surface area contributed by atoms with E-state index in [4.69, 9.17) is 9.47 Å². The van der Waals surface area contributed by atoms with Crippen molar-refractivity contribution in [3.05, 3.63) is 29.8 Å². The number of hydrogen-bond acceptors (Lipinski definition) is 3. The summed E-state index contributed by atoms with van der Waals surface area (Å²) >= 11 is 0. The van der Waals surface area contributed by atoms with Gasteiger partial charge < -0.3 is 14.8 Å². The van der Waals surface area contributed by atoms with Crippen molar-refractivity contribution in [2.24, 2.45) is 5.41 Å². The van der Waals surface area contributed by atoms with E-state index in [1.807, 2.05) is 6.07 Å². The number of ether oxygens (including phenoxy) is 2. The van der Waals surface area contributed by atoms with E-state index in [0.717, 1.165) is 25.4 Å². The quantitative estimate of drug-likeness (QED) is 0.776. The van der Waals surface area contributed by atoms with Gasteiger partial charge in [0.15, 0.2) is 0 Å². The lowest BCUT2D eigenvalue weighted by molar-refractivity contribution is 0.111. The van der Waals surface area contributed by atoms with Gasteiger partial charge in [-0.2, -0.15) is 0 Å². The zero-order valence-electron chi connectivity index (χ0n) is 12.6. The third kappa shape index (κ3) is 2.57. The normalized spacial score (nSPS) is 21.5. The molecule has 20 heavy (non-hydrogen) atoms. The monoisotopic (exact) mass is 275 g/mol. The number of hydrogen-bond donors (Lipinski definition) is 1. The van der Waals surface area contributed by atoms with Gasteiger partial charge in [0.05, 0.1) is 13.7 Å². The highest BCUT2D eigenvalue weighted by molar-refractivity contribution is 5.38. The molecule has 1 aromatic carbocycles. The molecule has 1 aromatic rings. The first-order valence-electron chi connectivity index (χ1n) is 7.56. The van der Waals surface area contributed by atoms with Crippen molar-refractivity contribution in [2.45, 2.75) is 31.1 Å². The predicted octanol–water partition coefficient (Wildman–Crippen LogP) is 2.74. The van der Waals surface area contributed by atoms with E-state index in [0.29, 0.717) is 10.8 Å². The second kappa shape index (κ2) is 5.38. The van der Waals surface area contributed by atoms with E-state index in [9.17, 15) is 0 Å². The van der Waals surface area contributed by atoms with Crippen molar-refractivity contribution < 1.29 is 9.47 Å². The highest BCUT2D eigenvalue weighted by Crippen LogP contribution is 2.68. The van der Waals surface area contributed by atoms with Crippen LogP contribution in [0.4, 0.5) is 0 Å². The predicted molar refractivity (Wildman–Crippen MR) is 80.3 cm³/mol. The topological polar surface area (TPSA) is 30.5 Å². The fraction of sp³-hybridized carbons (Fsp3) is 0.647. The van der Waals surface area contributed by atoms with Crippen LogP contribution >= 0.6 is 0 Å². The Kier molecular flexibility index (Phi) is 3.74. The van der Waals surface area contributed by atoms with Gasteiger partial charge in [-0.05, 0) is 48.8 Å². The SMILES string of the molecule is COCCNCC1(c2cccc(OC)c2)CC2(CC2)C1. The summed E-state index contributed by atoms with van der Waals surface area (Å²) in [5.41, 5.74) is 2.42. The van der Waals surface area contributed by atoms with Crippen LogP contribution in [-0.2, 0) is 10.2 Å². The molecule has 0 radical (unpaired) electrons. The molecule has 2 saturated carbocycles. The smallest absolute Gasteiger partial charge is 0.119 e. The molecule has 2 aliphatic rings. The zero-order chi connectivity index (χ0) is 14.1. The van der Waals surface area contributed by atoms with Crippen LogP contribution < -0.4 is 10.1 Å². The minimum absolute atomic E-state index is 0.304.